The van der Waals surface area contributed by atoms with Crippen molar-refractivity contribution in [2.45, 2.75) is 26.9 Å². The maximum absolute atomic E-state index is 13.5. The Balaban J connectivity index is 1.87. The number of hydrogen-bond acceptors (Lipinski definition) is 6. The number of aromatic nitrogens is 4. The monoisotopic (exact) mass is 470 g/mol. The zero-order chi connectivity index (χ0) is 23.7. The second-order valence-corrected chi connectivity index (χ2v) is 8.81. The number of halogens is 1. The molecule has 0 radical (unpaired) electrons. The van der Waals surface area contributed by atoms with Gasteiger partial charge in [0.05, 0.1) is 6.54 Å². The molecule has 0 amide bonds. The predicted molar refractivity (Wildman–Crippen MR) is 130 cm³/mol. The topological polar surface area (TPSA) is 94.2 Å². The number of aryl methyl sites for hydroxylation is 1. The van der Waals surface area contributed by atoms with Crippen LogP contribution in [0.3, 0.4) is 0 Å². The predicted octanol–water partition coefficient (Wildman–Crippen LogP) is 1.81. The maximum Gasteiger partial charge on any atom is 0.332 e. The van der Waals surface area contributed by atoms with Gasteiger partial charge in [-0.05, 0) is 38.1 Å². The quantitative estimate of drug-likeness (QED) is 0.436. The Morgan fingerprint density at radius 3 is 2.42 bits per heavy atom. The fourth-order valence-corrected chi connectivity index (χ4v) is 4.05. The van der Waals surface area contributed by atoms with Gasteiger partial charge in [0, 0.05) is 50.4 Å². The van der Waals surface area contributed by atoms with Gasteiger partial charge in [-0.3, -0.25) is 18.7 Å². The molecule has 0 bridgehead atoms. The van der Waals surface area contributed by atoms with E-state index in [0.29, 0.717) is 34.2 Å². The third-order valence-electron chi connectivity index (χ3n) is 5.76. The molecule has 1 aliphatic rings. The highest BCUT2D eigenvalue weighted by molar-refractivity contribution is 6.30. The smallest absolute Gasteiger partial charge is 0.332 e. The van der Waals surface area contributed by atoms with Gasteiger partial charge in [0.2, 0.25) is 5.95 Å². The van der Waals surface area contributed by atoms with Crippen LogP contribution in [0.25, 0.3) is 11.2 Å². The lowest BCUT2D eigenvalue weighted by Crippen LogP contribution is -2.44. The molecule has 0 atom stereocenters. The first kappa shape index (κ1) is 23.0. The van der Waals surface area contributed by atoms with Crippen LogP contribution in [0, 0.1) is 0 Å². The molecule has 2 aromatic heterocycles. The summed E-state index contributed by atoms with van der Waals surface area (Å²) in [6.07, 6.45) is 2.01. The largest absolute Gasteiger partial charge is 0.340 e. The van der Waals surface area contributed by atoms with Crippen molar-refractivity contribution >= 4 is 34.5 Å². The van der Waals surface area contributed by atoms with E-state index in [0.717, 1.165) is 36.3 Å². The lowest BCUT2D eigenvalue weighted by molar-refractivity contribution is 0.0969. The van der Waals surface area contributed by atoms with Crippen molar-refractivity contribution in [2.75, 3.05) is 31.1 Å². The van der Waals surface area contributed by atoms with E-state index >= 15 is 0 Å². The van der Waals surface area contributed by atoms with E-state index < -0.39 is 11.2 Å². The van der Waals surface area contributed by atoms with Gasteiger partial charge in [0.1, 0.15) is 0 Å². The van der Waals surface area contributed by atoms with Crippen molar-refractivity contribution in [2.24, 2.45) is 7.05 Å². The molecule has 9 nitrogen and oxygen atoms in total. The molecule has 1 aliphatic heterocycles. The SMILES string of the molecule is CC(C)=CCn1c(N2CCNCC2)nc2c1c(=O)n(CC(=O)c1ccc(Cl)cc1)c(=O)n2C. The van der Waals surface area contributed by atoms with Crippen LogP contribution in [-0.2, 0) is 20.1 Å². The van der Waals surface area contributed by atoms with Crippen LogP contribution in [0.1, 0.15) is 24.2 Å². The molecule has 1 fully saturated rings. The van der Waals surface area contributed by atoms with Crippen LogP contribution in [0.4, 0.5) is 5.95 Å². The molecule has 33 heavy (non-hydrogen) atoms. The molecule has 10 heteroatoms. The minimum Gasteiger partial charge on any atom is -0.340 e. The van der Waals surface area contributed by atoms with Crippen molar-refractivity contribution < 1.29 is 4.79 Å². The van der Waals surface area contributed by atoms with Crippen LogP contribution >= 0.6 is 11.6 Å². The molecule has 1 saturated heterocycles. The van der Waals surface area contributed by atoms with Crippen LogP contribution in [0.15, 0.2) is 45.5 Å². The van der Waals surface area contributed by atoms with Crippen LogP contribution in [-0.4, -0.2) is 50.6 Å². The summed E-state index contributed by atoms with van der Waals surface area (Å²) >= 11 is 5.91. The molecule has 3 heterocycles. The number of benzene rings is 1. The van der Waals surface area contributed by atoms with E-state index in [-0.39, 0.29) is 12.3 Å². The zero-order valence-corrected chi connectivity index (χ0v) is 19.7. The van der Waals surface area contributed by atoms with Crippen molar-refractivity contribution in [3.8, 4) is 0 Å². The number of anilines is 1. The molecule has 0 aliphatic carbocycles. The highest BCUT2D eigenvalue weighted by atomic mass is 35.5. The summed E-state index contributed by atoms with van der Waals surface area (Å²) in [5, 5.41) is 3.82. The van der Waals surface area contributed by atoms with E-state index in [1.54, 1.807) is 31.3 Å². The van der Waals surface area contributed by atoms with Gasteiger partial charge in [-0.1, -0.05) is 23.3 Å². The van der Waals surface area contributed by atoms with Gasteiger partial charge in [-0.25, -0.2) is 4.79 Å². The lowest BCUT2D eigenvalue weighted by atomic mass is 10.1. The Labute approximate surface area is 195 Å². The standard InChI is InChI=1S/C23H27ClN6O3/c1-15(2)8-11-29-19-20(26-22(29)28-12-9-25-10-13-28)27(3)23(33)30(21(19)32)14-18(31)16-4-6-17(24)7-5-16/h4-8,25H,9-14H2,1-3H3. The number of piperazine rings is 1. The number of Topliss-reactive ketones (excluding diaryl/α,β-unsaturated/α-hetero) is 1. The first-order valence-corrected chi connectivity index (χ1v) is 11.2. The molecule has 0 saturated carbocycles. The highest BCUT2D eigenvalue weighted by Gasteiger charge is 2.24. The molecule has 0 spiro atoms. The summed E-state index contributed by atoms with van der Waals surface area (Å²) in [4.78, 5) is 46.3. The second-order valence-electron chi connectivity index (χ2n) is 8.38. The Morgan fingerprint density at radius 2 is 1.79 bits per heavy atom. The number of carbonyl (C=O) groups is 1. The zero-order valence-electron chi connectivity index (χ0n) is 19.0. The molecular weight excluding hydrogens is 444 g/mol. The number of hydrogen-bond donors (Lipinski definition) is 1. The third kappa shape index (κ3) is 4.51. The van der Waals surface area contributed by atoms with Crippen molar-refractivity contribution in [1.82, 2.24) is 24.0 Å². The van der Waals surface area contributed by atoms with E-state index in [9.17, 15) is 14.4 Å². The van der Waals surface area contributed by atoms with E-state index in [1.165, 1.54) is 4.57 Å². The van der Waals surface area contributed by atoms with E-state index in [1.807, 2.05) is 24.5 Å². The lowest BCUT2D eigenvalue weighted by Gasteiger charge is -2.28. The summed E-state index contributed by atoms with van der Waals surface area (Å²) in [6, 6.07) is 6.38. The second kappa shape index (κ2) is 9.36. The molecule has 0 unspecified atom stereocenters. The number of allylic oxidation sites excluding steroid dienone is 2. The maximum atomic E-state index is 13.5. The molecule has 3 aromatic rings. The Hall–Kier alpha value is -3.17. The highest BCUT2D eigenvalue weighted by Crippen LogP contribution is 2.21. The first-order valence-electron chi connectivity index (χ1n) is 10.9. The summed E-state index contributed by atoms with van der Waals surface area (Å²) < 4.78 is 4.18. The number of imidazole rings is 1. The van der Waals surface area contributed by atoms with Gasteiger partial charge < -0.3 is 14.8 Å². The third-order valence-corrected chi connectivity index (χ3v) is 6.01. The number of nitrogens with one attached hydrogen (secondary N) is 1. The van der Waals surface area contributed by atoms with E-state index in [4.69, 9.17) is 16.6 Å². The average molecular weight is 471 g/mol. The van der Waals surface area contributed by atoms with Crippen molar-refractivity contribution in [3.63, 3.8) is 0 Å². The van der Waals surface area contributed by atoms with Crippen LogP contribution in [0.5, 0.6) is 0 Å². The molecular formula is C23H27ClN6O3. The number of ketones is 1. The average Bonchev–Trinajstić information content (AvgIpc) is 3.20. The van der Waals surface area contributed by atoms with Gasteiger partial charge >= 0.3 is 5.69 Å². The van der Waals surface area contributed by atoms with Gasteiger partial charge in [-0.2, -0.15) is 4.98 Å². The van der Waals surface area contributed by atoms with Gasteiger partial charge in [-0.15, -0.1) is 0 Å². The molecule has 1 aromatic carbocycles. The van der Waals surface area contributed by atoms with Crippen LogP contribution < -0.4 is 21.5 Å². The molecule has 1 N–H and O–H groups in total. The summed E-state index contributed by atoms with van der Waals surface area (Å²) in [6.45, 7) is 7.17. The summed E-state index contributed by atoms with van der Waals surface area (Å²) in [5.41, 5.74) is 1.02. The Morgan fingerprint density at radius 1 is 1.12 bits per heavy atom. The van der Waals surface area contributed by atoms with Crippen LogP contribution in [0.2, 0.25) is 5.02 Å². The number of rotatable bonds is 6. The Bertz CT molecular complexity index is 1340. The van der Waals surface area contributed by atoms with Crippen molar-refractivity contribution in [3.05, 3.63) is 67.3 Å². The van der Waals surface area contributed by atoms with Crippen molar-refractivity contribution in [1.29, 1.82) is 0 Å². The normalized spacial score (nSPS) is 14.0. The van der Waals surface area contributed by atoms with E-state index in [2.05, 4.69) is 10.2 Å². The fraction of sp³-hybridized carbons (Fsp3) is 0.391. The van der Waals surface area contributed by atoms with Gasteiger partial charge in [0.25, 0.3) is 5.56 Å². The number of nitrogens with zero attached hydrogens (tertiary/aromatic N) is 5. The number of carbonyl (C=O) groups excluding carboxylic acids is 1. The first-order chi connectivity index (χ1) is 15.8. The number of fused-ring (bicyclic) bond motifs is 1. The summed E-state index contributed by atoms with van der Waals surface area (Å²) in [7, 11) is 1.58. The van der Waals surface area contributed by atoms with Gasteiger partial charge in [0.15, 0.2) is 16.9 Å². The minimum absolute atomic E-state index is 0.312. The molecule has 4 rings (SSSR count). The Kier molecular flexibility index (Phi) is 6.53. The fourth-order valence-electron chi connectivity index (χ4n) is 3.92. The minimum atomic E-state index is -0.575. The summed E-state index contributed by atoms with van der Waals surface area (Å²) in [5.74, 6) is 0.306. The molecule has 174 valence electrons.